The van der Waals surface area contributed by atoms with Crippen molar-refractivity contribution < 1.29 is 19.2 Å². The Hall–Kier alpha value is -0.900. The number of thioether (sulfide) groups is 3. The van der Waals surface area contributed by atoms with Crippen LogP contribution in [-0.2, 0) is 19.2 Å². The van der Waals surface area contributed by atoms with Crippen molar-refractivity contribution in [2.75, 3.05) is 11.5 Å². The third kappa shape index (κ3) is 5.59. The average Bonchev–Trinajstić information content (AvgIpc) is 2.78. The molecule has 0 saturated carbocycles. The minimum atomic E-state index is -0.718. The molecule has 11 heteroatoms. The van der Waals surface area contributed by atoms with E-state index < -0.39 is 11.9 Å². The first-order valence-electron chi connectivity index (χ1n) is 9.40. The number of halogens is 2. The summed E-state index contributed by atoms with van der Waals surface area (Å²) in [5.74, 6) is -0.547. The highest BCUT2D eigenvalue weighted by atomic mass is 127. The molecule has 0 bridgehead atoms. The summed E-state index contributed by atoms with van der Waals surface area (Å²) in [5.41, 5.74) is 2.46. The Bertz CT molecular complexity index is 1110. The van der Waals surface area contributed by atoms with E-state index in [-0.39, 0.29) is 22.7 Å². The number of benzene rings is 2. The van der Waals surface area contributed by atoms with Crippen LogP contribution >= 0.6 is 80.5 Å². The largest absolute Gasteiger partial charge is 0.380 e. The molecule has 1 saturated heterocycles. The minimum absolute atomic E-state index is 0.0596. The van der Waals surface area contributed by atoms with Crippen molar-refractivity contribution >= 4 is 98.3 Å². The number of fused-ring (bicyclic) bond motifs is 1. The van der Waals surface area contributed by atoms with Gasteiger partial charge in [-0.05, 0) is 69.4 Å². The molecule has 6 nitrogen and oxygen atoms in total. The zero-order valence-electron chi connectivity index (χ0n) is 16.4. The molecule has 1 atom stereocenters. The summed E-state index contributed by atoms with van der Waals surface area (Å²) in [5, 5.41) is -0.0596. The molecule has 2 aromatic carbocycles. The average molecular weight is 710 g/mol. The van der Waals surface area contributed by atoms with Crippen molar-refractivity contribution in [2.24, 2.45) is 0 Å². The second kappa shape index (κ2) is 11.0. The van der Waals surface area contributed by atoms with Crippen LogP contribution in [0.3, 0.4) is 0 Å². The van der Waals surface area contributed by atoms with Crippen molar-refractivity contribution in [2.45, 2.75) is 21.6 Å². The fourth-order valence-electron chi connectivity index (χ4n) is 3.00. The van der Waals surface area contributed by atoms with E-state index in [9.17, 15) is 14.4 Å². The first kappa shape index (κ1) is 24.2. The van der Waals surface area contributed by atoms with Crippen molar-refractivity contribution in [1.29, 1.82) is 0 Å². The Morgan fingerprint density at radius 2 is 1.75 bits per heavy atom. The van der Waals surface area contributed by atoms with Crippen LogP contribution in [-0.4, -0.2) is 39.6 Å². The SMILES string of the molecule is O=C(CSc1ccccc1I)NOC(=O)C1=C(Sc2ccccc2I)CS[C@H]2CC(=O)N12. The molecule has 166 valence electrons. The van der Waals surface area contributed by atoms with E-state index in [0.717, 1.165) is 21.8 Å². The van der Waals surface area contributed by atoms with Gasteiger partial charge in [0.1, 0.15) is 5.70 Å². The highest BCUT2D eigenvalue weighted by molar-refractivity contribution is 14.1. The third-order valence-corrected chi connectivity index (χ3v) is 10.8. The van der Waals surface area contributed by atoms with E-state index in [0.29, 0.717) is 12.2 Å². The van der Waals surface area contributed by atoms with Crippen molar-refractivity contribution in [3.05, 3.63) is 66.3 Å². The molecule has 0 spiro atoms. The molecule has 0 aromatic heterocycles. The second-order valence-electron chi connectivity index (χ2n) is 6.67. The van der Waals surface area contributed by atoms with Crippen LogP contribution in [0.1, 0.15) is 6.42 Å². The maximum Gasteiger partial charge on any atom is 0.380 e. The minimum Gasteiger partial charge on any atom is -0.334 e. The zero-order chi connectivity index (χ0) is 22.7. The third-order valence-electron chi connectivity index (χ3n) is 4.53. The van der Waals surface area contributed by atoms with Crippen LogP contribution in [0.15, 0.2) is 68.9 Å². The summed E-state index contributed by atoms with van der Waals surface area (Å²) in [7, 11) is 0. The number of nitrogens with zero attached hydrogens (tertiary/aromatic N) is 1. The number of amides is 2. The number of rotatable bonds is 6. The van der Waals surface area contributed by atoms with Gasteiger partial charge in [0, 0.05) is 27.6 Å². The highest BCUT2D eigenvalue weighted by Crippen LogP contribution is 2.45. The molecule has 2 aliphatic rings. The highest BCUT2D eigenvalue weighted by Gasteiger charge is 2.46. The first-order chi connectivity index (χ1) is 15.4. The van der Waals surface area contributed by atoms with Gasteiger partial charge in [0.05, 0.1) is 17.5 Å². The first-order valence-corrected chi connectivity index (χ1v) is 14.4. The standard InChI is InChI=1S/C21H16I2N2O4S3/c22-12-5-1-3-7-14(12)30-11-17(26)24-29-21(28)20-16(10-31-19-9-18(27)25(19)20)32-15-8-4-2-6-13(15)23/h1-8,19H,9-11H2,(H,24,26)/t19-/m0/s1. The number of nitrogens with one attached hydrogen (secondary N) is 1. The van der Waals surface area contributed by atoms with Gasteiger partial charge in [-0.1, -0.05) is 36.0 Å². The Morgan fingerprint density at radius 1 is 1.09 bits per heavy atom. The van der Waals surface area contributed by atoms with Crippen LogP contribution in [0.5, 0.6) is 0 Å². The molecule has 0 aliphatic carbocycles. The summed E-state index contributed by atoms with van der Waals surface area (Å²) in [6.45, 7) is 0. The molecule has 2 amide bonds. The molecule has 1 N–H and O–H groups in total. The molecule has 32 heavy (non-hydrogen) atoms. The number of carbonyl (C=O) groups is 3. The number of carbonyl (C=O) groups excluding carboxylic acids is 3. The van der Waals surface area contributed by atoms with Crippen molar-refractivity contribution in [1.82, 2.24) is 10.4 Å². The van der Waals surface area contributed by atoms with E-state index >= 15 is 0 Å². The lowest BCUT2D eigenvalue weighted by atomic mass is 10.1. The molecule has 2 aliphatic heterocycles. The Balaban J connectivity index is 1.44. The molecule has 4 rings (SSSR count). The van der Waals surface area contributed by atoms with Gasteiger partial charge in [-0.25, -0.2) is 4.79 Å². The van der Waals surface area contributed by atoms with Gasteiger partial charge in [0.2, 0.25) is 5.91 Å². The lowest BCUT2D eigenvalue weighted by Gasteiger charge is -2.44. The van der Waals surface area contributed by atoms with E-state index in [4.69, 9.17) is 4.84 Å². The summed E-state index contributed by atoms with van der Waals surface area (Å²) in [4.78, 5) is 46.8. The Morgan fingerprint density at radius 3 is 2.41 bits per heavy atom. The summed E-state index contributed by atoms with van der Waals surface area (Å²) in [6.07, 6.45) is 0.404. The smallest absolute Gasteiger partial charge is 0.334 e. The predicted octanol–water partition coefficient (Wildman–Crippen LogP) is 4.87. The predicted molar refractivity (Wildman–Crippen MR) is 144 cm³/mol. The van der Waals surface area contributed by atoms with Crippen molar-refractivity contribution in [3.8, 4) is 0 Å². The van der Waals surface area contributed by atoms with E-state index in [1.165, 1.54) is 28.4 Å². The normalized spacial score (nSPS) is 17.5. The quantitative estimate of drug-likeness (QED) is 0.199. The van der Waals surface area contributed by atoms with Gasteiger partial charge in [0.15, 0.2) is 0 Å². The fourth-order valence-corrected chi connectivity index (χ4v) is 7.71. The number of β-lactam (4-membered cyclic amide) rings is 1. The summed E-state index contributed by atoms with van der Waals surface area (Å²) < 4.78 is 2.10. The number of hydroxylamine groups is 1. The fraction of sp³-hybridized carbons (Fsp3) is 0.190. The van der Waals surface area contributed by atoms with Gasteiger partial charge in [-0.15, -0.1) is 23.5 Å². The lowest BCUT2D eigenvalue weighted by molar-refractivity contribution is -0.158. The Kier molecular flexibility index (Phi) is 8.34. The summed E-state index contributed by atoms with van der Waals surface area (Å²) in [6, 6.07) is 15.6. The number of hydrogen-bond acceptors (Lipinski definition) is 7. The zero-order valence-corrected chi connectivity index (χ0v) is 23.1. The molecule has 1 fully saturated rings. The lowest BCUT2D eigenvalue weighted by Crippen LogP contribution is -2.54. The molecule has 0 radical (unpaired) electrons. The van der Waals surface area contributed by atoms with E-state index in [1.807, 2.05) is 48.5 Å². The maximum atomic E-state index is 12.9. The van der Waals surface area contributed by atoms with Crippen LogP contribution in [0.25, 0.3) is 0 Å². The van der Waals surface area contributed by atoms with Gasteiger partial charge in [-0.3, -0.25) is 14.5 Å². The van der Waals surface area contributed by atoms with Gasteiger partial charge < -0.3 is 4.84 Å². The molecular weight excluding hydrogens is 694 g/mol. The van der Waals surface area contributed by atoms with Gasteiger partial charge in [-0.2, -0.15) is 5.48 Å². The monoisotopic (exact) mass is 710 g/mol. The Labute approximate surface area is 225 Å². The van der Waals surface area contributed by atoms with Crippen LogP contribution in [0.4, 0.5) is 0 Å². The van der Waals surface area contributed by atoms with Crippen LogP contribution in [0, 0.1) is 7.14 Å². The van der Waals surface area contributed by atoms with Gasteiger partial charge >= 0.3 is 5.97 Å². The van der Waals surface area contributed by atoms with Crippen molar-refractivity contribution in [3.63, 3.8) is 0 Å². The van der Waals surface area contributed by atoms with Gasteiger partial charge in [0.25, 0.3) is 5.91 Å². The van der Waals surface area contributed by atoms with E-state index in [1.54, 1.807) is 11.8 Å². The van der Waals surface area contributed by atoms with E-state index in [2.05, 4.69) is 50.7 Å². The van der Waals surface area contributed by atoms with Crippen LogP contribution < -0.4 is 5.48 Å². The summed E-state index contributed by atoms with van der Waals surface area (Å²) >= 11 is 8.89. The molecule has 2 aromatic rings. The van der Waals surface area contributed by atoms with Crippen LogP contribution in [0.2, 0.25) is 0 Å². The number of hydrogen-bond donors (Lipinski definition) is 1. The maximum absolute atomic E-state index is 12.9. The molecule has 2 heterocycles. The topological polar surface area (TPSA) is 75.7 Å². The second-order valence-corrected chi connectivity index (χ2v) is 12.3. The molecule has 0 unspecified atom stereocenters. The molecular formula is C21H16I2N2O4S3.